The second-order valence-corrected chi connectivity index (χ2v) is 12.5. The summed E-state index contributed by atoms with van der Waals surface area (Å²) in [5, 5.41) is 11.5. The Hall–Kier alpha value is -2.93. The lowest BCUT2D eigenvalue weighted by Crippen LogP contribution is -2.50. The SMILES string of the molecule is CC(CC1CCCCC1)C(=O)N1CCC(O)(Cn2cc(C(=O)N3CCCCC3)c(-c3ccccc3)cc2=O)CC1. The molecular weight excluding hydrogens is 502 g/mol. The molecular formula is C33H45N3O4. The standard InChI is InChI=1S/C33H45N3O4/c1-25(21-26-11-5-2-6-12-26)31(38)35-19-15-33(40,16-20-35)24-36-23-29(32(39)34-17-9-4-10-18-34)28(22-30(36)37)27-13-7-3-8-14-27/h3,7-8,13-14,22-23,25-26,40H,2,4-6,9-12,15-21,24H2,1H3. The van der Waals surface area contributed by atoms with Gasteiger partial charge in [0.25, 0.3) is 11.5 Å². The zero-order valence-electron chi connectivity index (χ0n) is 24.0. The van der Waals surface area contributed by atoms with E-state index in [1.807, 2.05) is 47.1 Å². The number of hydrogen-bond donors (Lipinski definition) is 1. The average Bonchev–Trinajstić information content (AvgIpc) is 2.99. The van der Waals surface area contributed by atoms with Crippen molar-refractivity contribution in [1.82, 2.24) is 14.4 Å². The molecule has 0 radical (unpaired) electrons. The molecule has 3 heterocycles. The zero-order valence-corrected chi connectivity index (χ0v) is 24.0. The van der Waals surface area contributed by atoms with Gasteiger partial charge in [0.1, 0.15) is 0 Å². The van der Waals surface area contributed by atoms with Crippen LogP contribution in [-0.2, 0) is 11.3 Å². The first kappa shape index (κ1) is 28.6. The molecule has 3 aliphatic rings. The largest absolute Gasteiger partial charge is 0.388 e. The van der Waals surface area contributed by atoms with E-state index >= 15 is 0 Å². The van der Waals surface area contributed by atoms with Gasteiger partial charge >= 0.3 is 0 Å². The number of nitrogens with zero attached hydrogens (tertiary/aromatic N) is 3. The van der Waals surface area contributed by atoms with E-state index in [-0.39, 0.29) is 29.8 Å². The molecule has 1 aromatic heterocycles. The van der Waals surface area contributed by atoms with E-state index in [4.69, 9.17) is 0 Å². The Morgan fingerprint density at radius 1 is 0.925 bits per heavy atom. The number of hydrogen-bond acceptors (Lipinski definition) is 4. The van der Waals surface area contributed by atoms with Crippen LogP contribution in [0, 0.1) is 11.8 Å². The van der Waals surface area contributed by atoms with E-state index in [9.17, 15) is 19.5 Å². The quantitative estimate of drug-likeness (QED) is 0.523. The molecule has 7 heteroatoms. The predicted molar refractivity (Wildman–Crippen MR) is 157 cm³/mol. The lowest BCUT2D eigenvalue weighted by atomic mass is 9.82. The van der Waals surface area contributed by atoms with Crippen molar-refractivity contribution in [1.29, 1.82) is 0 Å². The summed E-state index contributed by atoms with van der Waals surface area (Å²) in [4.78, 5) is 43.9. The number of amides is 2. The van der Waals surface area contributed by atoms with Gasteiger partial charge in [-0.2, -0.15) is 0 Å². The van der Waals surface area contributed by atoms with Crippen molar-refractivity contribution in [3.05, 3.63) is 58.5 Å². The molecule has 2 aromatic rings. The average molecular weight is 548 g/mol. The summed E-state index contributed by atoms with van der Waals surface area (Å²) in [7, 11) is 0. The molecule has 1 atom stereocenters. The highest BCUT2D eigenvalue weighted by atomic mass is 16.3. The van der Waals surface area contributed by atoms with Crippen LogP contribution in [0.4, 0.5) is 0 Å². The number of carbonyl (C=O) groups is 2. The lowest BCUT2D eigenvalue weighted by Gasteiger charge is -2.39. The molecule has 0 bridgehead atoms. The van der Waals surface area contributed by atoms with Crippen LogP contribution in [0.25, 0.3) is 11.1 Å². The van der Waals surface area contributed by atoms with Crippen molar-refractivity contribution >= 4 is 11.8 Å². The molecule has 1 N–H and O–H groups in total. The van der Waals surface area contributed by atoms with E-state index in [0.717, 1.165) is 44.3 Å². The van der Waals surface area contributed by atoms with Crippen molar-refractivity contribution in [2.75, 3.05) is 26.2 Å². The molecule has 1 unspecified atom stereocenters. The van der Waals surface area contributed by atoms with Gasteiger partial charge in [-0.15, -0.1) is 0 Å². The van der Waals surface area contributed by atoms with Gasteiger partial charge in [0, 0.05) is 49.9 Å². The first-order valence-electron chi connectivity index (χ1n) is 15.4. The van der Waals surface area contributed by atoms with Crippen LogP contribution in [0.3, 0.4) is 0 Å². The summed E-state index contributed by atoms with van der Waals surface area (Å²) in [5.41, 5.74) is 0.631. The number of aliphatic hydroxyl groups is 1. The first-order chi connectivity index (χ1) is 19.3. The van der Waals surface area contributed by atoms with E-state index in [1.54, 1.807) is 12.3 Å². The fourth-order valence-electron chi connectivity index (χ4n) is 6.94. The predicted octanol–water partition coefficient (Wildman–Crippen LogP) is 5.10. The van der Waals surface area contributed by atoms with Gasteiger partial charge in [-0.3, -0.25) is 14.4 Å². The highest BCUT2D eigenvalue weighted by Gasteiger charge is 2.36. The molecule has 2 aliphatic heterocycles. The van der Waals surface area contributed by atoms with Crippen LogP contribution in [0.15, 0.2) is 47.4 Å². The van der Waals surface area contributed by atoms with Crippen molar-refractivity contribution in [3.63, 3.8) is 0 Å². The summed E-state index contributed by atoms with van der Waals surface area (Å²) < 4.78 is 1.51. The molecule has 216 valence electrons. The highest BCUT2D eigenvalue weighted by molar-refractivity contribution is 6.00. The van der Waals surface area contributed by atoms with Crippen molar-refractivity contribution in [2.45, 2.75) is 89.7 Å². The minimum absolute atomic E-state index is 0.00537. The molecule has 40 heavy (non-hydrogen) atoms. The minimum Gasteiger partial charge on any atom is -0.388 e. The molecule has 1 aromatic carbocycles. The van der Waals surface area contributed by atoms with Crippen molar-refractivity contribution < 1.29 is 14.7 Å². The van der Waals surface area contributed by atoms with Gasteiger partial charge in [0.05, 0.1) is 17.7 Å². The minimum atomic E-state index is -1.10. The Labute approximate surface area is 238 Å². The number of piperidine rings is 2. The maximum Gasteiger partial charge on any atom is 0.255 e. The van der Waals surface area contributed by atoms with E-state index < -0.39 is 5.60 Å². The number of benzene rings is 1. The van der Waals surface area contributed by atoms with Gasteiger partial charge in [0.15, 0.2) is 0 Å². The normalized spacial score (nSPS) is 20.8. The summed E-state index contributed by atoms with van der Waals surface area (Å²) in [6.07, 6.45) is 12.9. The lowest BCUT2D eigenvalue weighted by molar-refractivity contribution is -0.140. The summed E-state index contributed by atoms with van der Waals surface area (Å²) >= 11 is 0. The van der Waals surface area contributed by atoms with Crippen LogP contribution in [0.2, 0.25) is 0 Å². The fourth-order valence-corrected chi connectivity index (χ4v) is 6.94. The van der Waals surface area contributed by atoms with E-state index in [1.165, 1.54) is 36.7 Å². The number of rotatable bonds is 7. The van der Waals surface area contributed by atoms with E-state index in [2.05, 4.69) is 0 Å². The van der Waals surface area contributed by atoms with Crippen LogP contribution in [0.1, 0.15) is 87.9 Å². The number of aromatic nitrogens is 1. The van der Waals surface area contributed by atoms with Crippen LogP contribution < -0.4 is 5.56 Å². The van der Waals surface area contributed by atoms with Crippen LogP contribution in [0.5, 0.6) is 0 Å². The third-order valence-electron chi connectivity index (χ3n) is 9.39. The number of likely N-dealkylation sites (tertiary alicyclic amines) is 2. The molecule has 1 aliphatic carbocycles. The highest BCUT2D eigenvalue weighted by Crippen LogP contribution is 2.31. The number of pyridine rings is 1. The van der Waals surface area contributed by atoms with Gasteiger partial charge in [0.2, 0.25) is 5.91 Å². The Morgan fingerprint density at radius 2 is 1.57 bits per heavy atom. The summed E-state index contributed by atoms with van der Waals surface area (Å²) in [5.74, 6) is 0.783. The Balaban J connectivity index is 1.30. The first-order valence-corrected chi connectivity index (χ1v) is 15.4. The van der Waals surface area contributed by atoms with Gasteiger partial charge in [-0.05, 0) is 50.0 Å². The smallest absolute Gasteiger partial charge is 0.255 e. The number of carbonyl (C=O) groups excluding carboxylic acids is 2. The van der Waals surface area contributed by atoms with Crippen molar-refractivity contribution in [3.8, 4) is 11.1 Å². The fraction of sp³-hybridized carbons (Fsp3) is 0.606. The summed E-state index contributed by atoms with van der Waals surface area (Å²) in [6, 6.07) is 11.1. The second-order valence-electron chi connectivity index (χ2n) is 12.5. The maximum atomic E-state index is 13.7. The third-order valence-corrected chi connectivity index (χ3v) is 9.39. The molecule has 0 spiro atoms. The topological polar surface area (TPSA) is 82.8 Å². The molecule has 1 saturated carbocycles. The summed E-state index contributed by atoms with van der Waals surface area (Å²) in [6.45, 7) is 4.58. The molecule has 5 rings (SSSR count). The molecule has 3 fully saturated rings. The van der Waals surface area contributed by atoms with Crippen LogP contribution >= 0.6 is 0 Å². The monoisotopic (exact) mass is 547 g/mol. The Kier molecular flexibility index (Phi) is 9.09. The van der Waals surface area contributed by atoms with Crippen LogP contribution in [-0.4, -0.2) is 63.1 Å². The van der Waals surface area contributed by atoms with Gasteiger partial charge < -0.3 is 19.5 Å². The maximum absolute atomic E-state index is 13.7. The van der Waals surface area contributed by atoms with Gasteiger partial charge in [-0.1, -0.05) is 69.4 Å². The zero-order chi connectivity index (χ0) is 28.1. The molecule has 2 amide bonds. The third kappa shape index (κ3) is 6.68. The Bertz CT molecular complexity index is 1220. The molecule has 7 nitrogen and oxygen atoms in total. The van der Waals surface area contributed by atoms with E-state index in [0.29, 0.717) is 43.0 Å². The van der Waals surface area contributed by atoms with Gasteiger partial charge in [-0.25, -0.2) is 0 Å². The molecule has 2 saturated heterocycles. The van der Waals surface area contributed by atoms with Crippen molar-refractivity contribution in [2.24, 2.45) is 11.8 Å². The second kappa shape index (κ2) is 12.7. The Morgan fingerprint density at radius 3 is 2.25 bits per heavy atom.